The summed E-state index contributed by atoms with van der Waals surface area (Å²) in [6, 6.07) is 9.21. The summed E-state index contributed by atoms with van der Waals surface area (Å²) >= 11 is 5.97. The molecule has 154 valence electrons. The number of carbonyl (C=O) groups excluding carboxylic acids is 2. The van der Waals surface area contributed by atoms with Crippen LogP contribution >= 0.6 is 11.6 Å². The van der Waals surface area contributed by atoms with Crippen molar-refractivity contribution in [1.82, 2.24) is 10.7 Å². The number of aryl methyl sites for hydroxylation is 1. The van der Waals surface area contributed by atoms with E-state index >= 15 is 0 Å². The third-order valence-corrected chi connectivity index (χ3v) is 4.44. The number of hydrazone groups is 1. The van der Waals surface area contributed by atoms with E-state index in [9.17, 15) is 14.7 Å². The summed E-state index contributed by atoms with van der Waals surface area (Å²) < 4.78 is 5.03. The predicted molar refractivity (Wildman–Crippen MR) is 113 cm³/mol. The largest absolute Gasteiger partial charge is 0.504 e. The molecule has 0 saturated carbocycles. The number of hydrogen-bond donors (Lipinski definition) is 3. The highest BCUT2D eigenvalue weighted by atomic mass is 35.5. The van der Waals surface area contributed by atoms with Crippen LogP contribution in [0.15, 0.2) is 41.5 Å². The molecule has 7 nitrogen and oxygen atoms in total. The van der Waals surface area contributed by atoms with E-state index in [1.807, 2.05) is 32.9 Å². The van der Waals surface area contributed by atoms with Crippen LogP contribution in [0.4, 0.5) is 0 Å². The summed E-state index contributed by atoms with van der Waals surface area (Å²) in [5.74, 6) is -0.955. The van der Waals surface area contributed by atoms with Crippen molar-refractivity contribution in [3.05, 3.63) is 58.1 Å². The summed E-state index contributed by atoms with van der Waals surface area (Å²) in [6.45, 7) is 5.56. The van der Waals surface area contributed by atoms with Crippen LogP contribution in [-0.2, 0) is 4.79 Å². The van der Waals surface area contributed by atoms with E-state index in [1.165, 1.54) is 25.5 Å². The van der Waals surface area contributed by atoms with Crippen molar-refractivity contribution >= 4 is 29.6 Å². The average molecular weight is 418 g/mol. The van der Waals surface area contributed by atoms with Crippen LogP contribution in [0.5, 0.6) is 11.5 Å². The SMILES string of the molecule is COc1cc(Cl)cc(C=NNC(=O)C(NC(=O)c2ccc(C)cc2)C(C)C)c1O. The third kappa shape index (κ3) is 5.96. The topological polar surface area (TPSA) is 100 Å². The fraction of sp³-hybridized carbons (Fsp3) is 0.286. The summed E-state index contributed by atoms with van der Waals surface area (Å²) in [7, 11) is 1.40. The molecule has 0 fully saturated rings. The van der Waals surface area contributed by atoms with Crippen LogP contribution in [0.1, 0.15) is 35.3 Å². The summed E-state index contributed by atoms with van der Waals surface area (Å²) in [4.78, 5) is 25.0. The number of halogens is 1. The van der Waals surface area contributed by atoms with Gasteiger partial charge in [0, 0.05) is 22.2 Å². The van der Waals surface area contributed by atoms with Gasteiger partial charge in [-0.2, -0.15) is 5.10 Å². The van der Waals surface area contributed by atoms with Gasteiger partial charge in [-0.05, 0) is 31.0 Å². The van der Waals surface area contributed by atoms with Crippen LogP contribution in [-0.4, -0.2) is 36.3 Å². The first-order valence-corrected chi connectivity index (χ1v) is 9.37. The molecule has 0 aliphatic heterocycles. The Hall–Kier alpha value is -3.06. The molecule has 0 bridgehead atoms. The molecule has 8 heteroatoms. The number of nitrogens with one attached hydrogen (secondary N) is 2. The van der Waals surface area contributed by atoms with Gasteiger partial charge in [0.1, 0.15) is 6.04 Å². The van der Waals surface area contributed by atoms with Crippen LogP contribution in [0.2, 0.25) is 5.02 Å². The normalized spacial score (nSPS) is 12.1. The zero-order chi connectivity index (χ0) is 21.6. The van der Waals surface area contributed by atoms with Gasteiger partial charge in [0.15, 0.2) is 11.5 Å². The minimum Gasteiger partial charge on any atom is -0.504 e. The quantitative estimate of drug-likeness (QED) is 0.475. The highest BCUT2D eigenvalue weighted by molar-refractivity contribution is 6.31. The molecule has 3 N–H and O–H groups in total. The number of methoxy groups -OCH3 is 1. The predicted octanol–water partition coefficient (Wildman–Crippen LogP) is 3.27. The Bertz CT molecular complexity index is 911. The number of hydrogen-bond acceptors (Lipinski definition) is 5. The Morgan fingerprint density at radius 3 is 2.45 bits per heavy atom. The van der Waals surface area contributed by atoms with Gasteiger partial charge in [-0.15, -0.1) is 0 Å². The van der Waals surface area contributed by atoms with E-state index in [1.54, 1.807) is 12.1 Å². The molecule has 0 spiro atoms. The summed E-state index contributed by atoms with van der Waals surface area (Å²) in [6.07, 6.45) is 1.25. The maximum absolute atomic E-state index is 12.5. The highest BCUT2D eigenvalue weighted by Gasteiger charge is 2.24. The zero-order valence-electron chi connectivity index (χ0n) is 16.7. The number of rotatable bonds is 7. The molecule has 1 atom stereocenters. The second-order valence-electron chi connectivity index (χ2n) is 6.84. The number of phenols is 1. The molecule has 0 radical (unpaired) electrons. The Labute approximate surface area is 174 Å². The third-order valence-electron chi connectivity index (χ3n) is 4.22. The smallest absolute Gasteiger partial charge is 0.262 e. The molecule has 0 aromatic heterocycles. The van der Waals surface area contributed by atoms with Gasteiger partial charge >= 0.3 is 0 Å². The van der Waals surface area contributed by atoms with E-state index < -0.39 is 11.9 Å². The van der Waals surface area contributed by atoms with Crippen LogP contribution < -0.4 is 15.5 Å². The van der Waals surface area contributed by atoms with Crippen molar-refractivity contribution < 1.29 is 19.4 Å². The molecule has 0 aliphatic rings. The number of nitrogens with zero attached hydrogens (tertiary/aromatic N) is 1. The van der Waals surface area contributed by atoms with Crippen LogP contribution in [0.3, 0.4) is 0 Å². The fourth-order valence-electron chi connectivity index (χ4n) is 2.55. The maximum Gasteiger partial charge on any atom is 0.262 e. The van der Waals surface area contributed by atoms with Crippen molar-refractivity contribution in [2.24, 2.45) is 11.0 Å². The minimum atomic E-state index is -0.788. The second kappa shape index (κ2) is 9.93. The lowest BCUT2D eigenvalue weighted by molar-refractivity contribution is -0.123. The van der Waals surface area contributed by atoms with Gasteiger partial charge in [-0.25, -0.2) is 5.43 Å². The summed E-state index contributed by atoms with van der Waals surface area (Å²) in [5, 5.41) is 17.0. The number of ether oxygens (including phenoxy) is 1. The van der Waals surface area contributed by atoms with E-state index in [2.05, 4.69) is 15.8 Å². The molecule has 2 rings (SSSR count). The minimum absolute atomic E-state index is 0.150. The first kappa shape index (κ1) is 22.2. The Kier molecular flexibility index (Phi) is 7.61. The number of amides is 2. The van der Waals surface area contributed by atoms with Crippen molar-refractivity contribution in [1.29, 1.82) is 0 Å². The molecule has 0 heterocycles. The fourth-order valence-corrected chi connectivity index (χ4v) is 2.76. The van der Waals surface area contributed by atoms with Crippen molar-refractivity contribution in [2.45, 2.75) is 26.8 Å². The first-order valence-electron chi connectivity index (χ1n) is 9.00. The lowest BCUT2D eigenvalue weighted by Gasteiger charge is -2.20. The number of phenolic OH excluding ortho intramolecular Hbond substituents is 1. The lowest BCUT2D eigenvalue weighted by Crippen LogP contribution is -2.48. The average Bonchev–Trinajstić information content (AvgIpc) is 2.68. The molecule has 29 heavy (non-hydrogen) atoms. The van der Waals surface area contributed by atoms with E-state index in [-0.39, 0.29) is 28.9 Å². The molecule has 1 unspecified atom stereocenters. The standard InChI is InChI=1S/C21H24ClN3O4/c1-12(2)18(24-20(27)14-7-5-13(3)6-8-14)21(28)25-23-11-15-9-16(22)10-17(29-4)19(15)26/h5-12,18,26H,1-4H3,(H,24,27)(H,25,28). The van der Waals surface area contributed by atoms with E-state index in [4.69, 9.17) is 16.3 Å². The Morgan fingerprint density at radius 2 is 1.86 bits per heavy atom. The number of benzene rings is 2. The monoisotopic (exact) mass is 417 g/mol. The Balaban J connectivity index is 2.08. The van der Waals surface area contributed by atoms with E-state index in [0.29, 0.717) is 10.6 Å². The molecule has 2 amide bonds. The van der Waals surface area contributed by atoms with Crippen molar-refractivity contribution in [3.8, 4) is 11.5 Å². The molecular weight excluding hydrogens is 394 g/mol. The number of carbonyl (C=O) groups is 2. The van der Waals surface area contributed by atoms with Crippen molar-refractivity contribution in [3.63, 3.8) is 0 Å². The molecule has 2 aromatic carbocycles. The van der Waals surface area contributed by atoms with Gasteiger partial charge in [0.05, 0.1) is 13.3 Å². The second-order valence-corrected chi connectivity index (χ2v) is 7.28. The van der Waals surface area contributed by atoms with Gasteiger partial charge in [0.2, 0.25) is 0 Å². The molecule has 0 aliphatic carbocycles. The van der Waals surface area contributed by atoms with Crippen LogP contribution in [0, 0.1) is 12.8 Å². The zero-order valence-corrected chi connectivity index (χ0v) is 17.4. The first-order chi connectivity index (χ1) is 13.7. The van der Waals surface area contributed by atoms with E-state index in [0.717, 1.165) is 5.56 Å². The molecule has 2 aromatic rings. The maximum atomic E-state index is 12.5. The molecular formula is C21H24ClN3O4. The van der Waals surface area contributed by atoms with Crippen molar-refractivity contribution in [2.75, 3.05) is 7.11 Å². The van der Waals surface area contributed by atoms with Gasteiger partial charge < -0.3 is 15.2 Å². The molecule has 0 saturated heterocycles. The lowest BCUT2D eigenvalue weighted by atomic mass is 10.0. The summed E-state index contributed by atoms with van der Waals surface area (Å²) in [5.41, 5.74) is 4.16. The van der Waals surface area contributed by atoms with Gasteiger partial charge in [-0.3, -0.25) is 9.59 Å². The highest BCUT2D eigenvalue weighted by Crippen LogP contribution is 2.32. The number of aromatic hydroxyl groups is 1. The van der Waals surface area contributed by atoms with Gasteiger partial charge in [-0.1, -0.05) is 43.1 Å². The van der Waals surface area contributed by atoms with Gasteiger partial charge in [0.25, 0.3) is 11.8 Å². The van der Waals surface area contributed by atoms with Crippen LogP contribution in [0.25, 0.3) is 0 Å². The Morgan fingerprint density at radius 1 is 1.21 bits per heavy atom.